The Labute approximate surface area is 197 Å². The highest BCUT2D eigenvalue weighted by molar-refractivity contribution is 14.0. The van der Waals surface area contributed by atoms with Gasteiger partial charge in [0, 0.05) is 30.9 Å². The van der Waals surface area contributed by atoms with Crippen LogP contribution in [0.2, 0.25) is 0 Å². The Balaban J connectivity index is 0.00000300. The number of rotatable bonds is 7. The van der Waals surface area contributed by atoms with Crippen LogP contribution in [0.15, 0.2) is 29.3 Å². The van der Waals surface area contributed by atoms with Gasteiger partial charge in [-0.25, -0.2) is 0 Å². The molecular weight excluding hydrogens is 495 g/mol. The predicted molar refractivity (Wildman–Crippen MR) is 136 cm³/mol. The van der Waals surface area contributed by atoms with Crippen molar-refractivity contribution in [2.45, 2.75) is 43.9 Å². The fraction of sp³-hybridized carbons (Fsp3) is 0.682. The van der Waals surface area contributed by atoms with Crippen molar-refractivity contribution in [1.29, 1.82) is 0 Å². The first-order valence-electron chi connectivity index (χ1n) is 10.7. The summed E-state index contributed by atoms with van der Waals surface area (Å²) < 4.78 is 5.33. The van der Waals surface area contributed by atoms with Crippen LogP contribution in [0, 0.1) is 5.92 Å². The summed E-state index contributed by atoms with van der Waals surface area (Å²) in [6.07, 6.45) is 5.14. The molecule has 0 spiro atoms. The van der Waals surface area contributed by atoms with Crippen molar-refractivity contribution in [2.75, 3.05) is 46.1 Å². The first-order chi connectivity index (χ1) is 13.7. The van der Waals surface area contributed by atoms with Gasteiger partial charge >= 0.3 is 0 Å². The standard InChI is InChI=1S/C22H36N4OS.HI/c1-4-23-22(25-16-20-8-6-14-28-20)24-15-18-7-5-13-26(2)21(18)17-9-11-19(27-3)12-10-17;/h9-12,18,20-21H,4-8,13-16H2,1-3H3,(H2,23,24,25);1H. The van der Waals surface area contributed by atoms with E-state index in [0.29, 0.717) is 12.0 Å². The van der Waals surface area contributed by atoms with Crippen LogP contribution >= 0.6 is 35.7 Å². The number of nitrogens with one attached hydrogen (secondary N) is 2. The molecule has 0 amide bonds. The molecule has 2 aliphatic rings. The molecule has 5 nitrogen and oxygen atoms in total. The number of methoxy groups -OCH3 is 1. The molecule has 164 valence electrons. The summed E-state index contributed by atoms with van der Waals surface area (Å²) in [4.78, 5) is 7.46. The van der Waals surface area contributed by atoms with E-state index in [1.807, 2.05) is 0 Å². The zero-order chi connectivity index (χ0) is 19.8. The predicted octanol–water partition coefficient (Wildman–Crippen LogP) is 4.15. The number of benzene rings is 1. The quantitative estimate of drug-likeness (QED) is 0.314. The molecule has 1 aromatic rings. The second-order valence-electron chi connectivity index (χ2n) is 7.84. The van der Waals surface area contributed by atoms with Crippen molar-refractivity contribution in [3.63, 3.8) is 0 Å². The molecule has 2 fully saturated rings. The molecule has 0 aliphatic carbocycles. The Morgan fingerprint density at radius 1 is 1.21 bits per heavy atom. The van der Waals surface area contributed by atoms with Gasteiger partial charge in [0.2, 0.25) is 0 Å². The minimum absolute atomic E-state index is 0. The van der Waals surface area contributed by atoms with Crippen LogP contribution in [0.25, 0.3) is 0 Å². The van der Waals surface area contributed by atoms with Crippen molar-refractivity contribution in [1.82, 2.24) is 15.5 Å². The molecule has 0 bridgehead atoms. The molecule has 3 atom stereocenters. The molecule has 3 rings (SSSR count). The summed E-state index contributed by atoms with van der Waals surface area (Å²) >= 11 is 2.09. The van der Waals surface area contributed by atoms with Gasteiger partial charge < -0.3 is 15.4 Å². The fourth-order valence-electron chi connectivity index (χ4n) is 4.34. The molecule has 29 heavy (non-hydrogen) atoms. The average Bonchev–Trinajstić information content (AvgIpc) is 3.24. The molecule has 0 aromatic heterocycles. The third-order valence-corrected chi connectivity index (χ3v) is 7.21. The maximum atomic E-state index is 5.33. The molecule has 3 unspecified atom stereocenters. The Kier molecular flexibility index (Phi) is 10.9. The second kappa shape index (κ2) is 12.9. The number of ether oxygens (including phenoxy) is 1. The number of piperidine rings is 1. The lowest BCUT2D eigenvalue weighted by molar-refractivity contribution is 0.125. The Morgan fingerprint density at radius 2 is 2.00 bits per heavy atom. The summed E-state index contributed by atoms with van der Waals surface area (Å²) in [6, 6.07) is 8.98. The van der Waals surface area contributed by atoms with Crippen molar-refractivity contribution >= 4 is 41.7 Å². The van der Waals surface area contributed by atoms with Gasteiger partial charge in [0.15, 0.2) is 5.96 Å². The molecule has 0 saturated carbocycles. The summed E-state index contributed by atoms with van der Waals surface area (Å²) in [7, 11) is 3.96. The molecular formula is C22H37IN4OS. The SMILES string of the molecule is CCNC(=NCC1CCCN(C)C1c1ccc(OC)cc1)NCC1CCCS1.I. The fourth-order valence-corrected chi connectivity index (χ4v) is 5.55. The lowest BCUT2D eigenvalue weighted by Crippen LogP contribution is -2.41. The van der Waals surface area contributed by atoms with E-state index < -0.39 is 0 Å². The molecule has 2 N–H and O–H groups in total. The molecule has 2 aliphatic heterocycles. The van der Waals surface area contributed by atoms with Crippen molar-refractivity contribution in [3.05, 3.63) is 29.8 Å². The Bertz CT molecular complexity index is 622. The van der Waals surface area contributed by atoms with Crippen LogP contribution in [0.3, 0.4) is 0 Å². The largest absolute Gasteiger partial charge is 0.497 e. The summed E-state index contributed by atoms with van der Waals surface area (Å²) in [5.41, 5.74) is 1.36. The third kappa shape index (κ3) is 7.21. The van der Waals surface area contributed by atoms with E-state index in [2.05, 4.69) is 65.5 Å². The minimum atomic E-state index is 0. The zero-order valence-corrected chi connectivity index (χ0v) is 21.2. The molecule has 7 heteroatoms. The highest BCUT2D eigenvalue weighted by Crippen LogP contribution is 2.35. The molecule has 2 saturated heterocycles. The average molecular weight is 533 g/mol. The van der Waals surface area contributed by atoms with E-state index in [1.54, 1.807) is 7.11 Å². The van der Waals surface area contributed by atoms with Gasteiger partial charge in [-0.1, -0.05) is 12.1 Å². The van der Waals surface area contributed by atoms with Crippen LogP contribution in [0.4, 0.5) is 0 Å². The van der Waals surface area contributed by atoms with Crippen LogP contribution in [-0.2, 0) is 0 Å². The first kappa shape index (κ1) is 24.6. The number of aliphatic imine (C=N–C) groups is 1. The summed E-state index contributed by atoms with van der Waals surface area (Å²) in [5, 5.41) is 7.73. The number of guanidine groups is 1. The van der Waals surface area contributed by atoms with Crippen LogP contribution in [0.1, 0.15) is 44.2 Å². The van der Waals surface area contributed by atoms with E-state index in [9.17, 15) is 0 Å². The highest BCUT2D eigenvalue weighted by atomic mass is 127. The molecule has 1 aromatic carbocycles. The normalized spacial score (nSPS) is 25.3. The summed E-state index contributed by atoms with van der Waals surface area (Å²) in [5.74, 6) is 3.72. The van der Waals surface area contributed by atoms with Crippen molar-refractivity contribution < 1.29 is 4.74 Å². The number of halogens is 1. The maximum absolute atomic E-state index is 5.33. The van der Waals surface area contributed by atoms with Gasteiger partial charge in [-0.2, -0.15) is 11.8 Å². The van der Waals surface area contributed by atoms with E-state index in [1.165, 1.54) is 37.0 Å². The number of likely N-dealkylation sites (tertiary alicyclic amines) is 1. The van der Waals surface area contributed by atoms with E-state index in [0.717, 1.165) is 43.1 Å². The van der Waals surface area contributed by atoms with Crippen LogP contribution in [0.5, 0.6) is 5.75 Å². The Morgan fingerprint density at radius 3 is 2.66 bits per heavy atom. The van der Waals surface area contributed by atoms with Gasteiger partial charge in [0.1, 0.15) is 5.75 Å². The number of nitrogens with zero attached hydrogens (tertiary/aromatic N) is 2. The van der Waals surface area contributed by atoms with Gasteiger partial charge in [0.05, 0.1) is 7.11 Å². The minimum Gasteiger partial charge on any atom is -0.497 e. The number of hydrogen-bond acceptors (Lipinski definition) is 4. The maximum Gasteiger partial charge on any atom is 0.191 e. The third-order valence-electron chi connectivity index (χ3n) is 5.81. The molecule has 0 radical (unpaired) electrons. The van der Waals surface area contributed by atoms with E-state index in [4.69, 9.17) is 9.73 Å². The van der Waals surface area contributed by atoms with E-state index >= 15 is 0 Å². The number of thioether (sulfide) groups is 1. The van der Waals surface area contributed by atoms with Crippen LogP contribution < -0.4 is 15.4 Å². The van der Waals surface area contributed by atoms with Gasteiger partial charge in [-0.3, -0.25) is 9.89 Å². The van der Waals surface area contributed by atoms with E-state index in [-0.39, 0.29) is 24.0 Å². The lowest BCUT2D eigenvalue weighted by Gasteiger charge is -2.39. The smallest absolute Gasteiger partial charge is 0.191 e. The zero-order valence-electron chi connectivity index (χ0n) is 18.0. The topological polar surface area (TPSA) is 48.9 Å². The lowest BCUT2D eigenvalue weighted by atomic mass is 9.85. The highest BCUT2D eigenvalue weighted by Gasteiger charge is 2.30. The Hall–Kier alpha value is -0.670. The van der Waals surface area contributed by atoms with Gasteiger partial charge in [-0.05, 0) is 75.6 Å². The first-order valence-corrected chi connectivity index (χ1v) is 11.7. The second-order valence-corrected chi connectivity index (χ2v) is 9.24. The van der Waals surface area contributed by atoms with Crippen molar-refractivity contribution in [2.24, 2.45) is 10.9 Å². The van der Waals surface area contributed by atoms with Crippen LogP contribution in [-0.4, -0.2) is 62.2 Å². The monoisotopic (exact) mass is 532 g/mol. The number of hydrogen-bond donors (Lipinski definition) is 2. The summed E-state index contributed by atoms with van der Waals surface area (Å²) in [6.45, 7) is 6.05. The van der Waals surface area contributed by atoms with Crippen molar-refractivity contribution in [3.8, 4) is 5.75 Å². The van der Waals surface area contributed by atoms with Gasteiger partial charge in [0.25, 0.3) is 0 Å². The van der Waals surface area contributed by atoms with Gasteiger partial charge in [-0.15, -0.1) is 24.0 Å². The molecule has 2 heterocycles.